The van der Waals surface area contributed by atoms with Crippen molar-refractivity contribution >= 4 is 9.84 Å². The summed E-state index contributed by atoms with van der Waals surface area (Å²) in [6.07, 6.45) is 0.388. The minimum absolute atomic E-state index is 0.262. The Labute approximate surface area is 108 Å². The maximum absolute atomic E-state index is 13.6. The van der Waals surface area contributed by atoms with Crippen LogP contribution in [0.2, 0.25) is 0 Å². The lowest BCUT2D eigenvalue weighted by Gasteiger charge is -2.21. The molecule has 0 heterocycles. The predicted molar refractivity (Wildman–Crippen MR) is 68.6 cm³/mol. The maximum atomic E-state index is 13.6. The van der Waals surface area contributed by atoms with Gasteiger partial charge in [0, 0.05) is 0 Å². The number of halogens is 1. The van der Waals surface area contributed by atoms with Crippen LogP contribution in [0, 0.1) is 5.82 Å². The smallest absolute Gasteiger partial charge is 0.186 e. The fourth-order valence-corrected chi connectivity index (χ4v) is 3.94. The summed E-state index contributed by atoms with van der Waals surface area (Å²) in [6, 6.07) is 5.28. The summed E-state index contributed by atoms with van der Waals surface area (Å²) < 4.78 is 38.2. The van der Waals surface area contributed by atoms with Crippen molar-refractivity contribution in [1.82, 2.24) is 0 Å². The normalized spacial score (nSPS) is 15.3. The van der Waals surface area contributed by atoms with Gasteiger partial charge in [-0.15, -0.1) is 0 Å². The number of aliphatic hydroxyl groups excluding tert-OH is 1. The first-order chi connectivity index (χ1) is 8.45. The molecule has 1 aromatic rings. The molecule has 2 atom stereocenters. The van der Waals surface area contributed by atoms with Gasteiger partial charge in [-0.05, 0) is 25.0 Å². The fraction of sp³-hybridized carbons (Fsp3) is 0.538. The van der Waals surface area contributed by atoms with Crippen LogP contribution >= 0.6 is 0 Å². The molecule has 5 heteroatoms. The summed E-state index contributed by atoms with van der Waals surface area (Å²) in [7, 11) is -3.83. The number of rotatable bonds is 6. The first kappa shape index (κ1) is 15.1. The zero-order valence-corrected chi connectivity index (χ0v) is 11.5. The third-order valence-corrected chi connectivity index (χ3v) is 5.35. The molecule has 0 aliphatic heterocycles. The lowest BCUT2D eigenvalue weighted by atomic mass is 10.1. The molecule has 2 unspecified atom stereocenters. The second kappa shape index (κ2) is 6.29. The molecule has 0 aromatic heterocycles. The van der Waals surface area contributed by atoms with Crippen molar-refractivity contribution in [2.45, 2.75) is 49.4 Å². The molecule has 0 radical (unpaired) electrons. The van der Waals surface area contributed by atoms with Gasteiger partial charge in [0.1, 0.15) is 10.7 Å². The van der Waals surface area contributed by atoms with E-state index in [-0.39, 0.29) is 11.3 Å². The van der Waals surface area contributed by atoms with Gasteiger partial charge >= 0.3 is 0 Å². The number of benzene rings is 1. The molecule has 0 saturated carbocycles. The quantitative estimate of drug-likeness (QED) is 0.867. The van der Waals surface area contributed by atoms with E-state index in [4.69, 9.17) is 0 Å². The van der Waals surface area contributed by atoms with Crippen molar-refractivity contribution in [2.24, 2.45) is 0 Å². The van der Waals surface area contributed by atoms with E-state index in [0.29, 0.717) is 12.8 Å². The first-order valence-electron chi connectivity index (χ1n) is 6.11. The number of hydrogen-bond acceptors (Lipinski definition) is 3. The average Bonchev–Trinajstić information content (AvgIpc) is 2.30. The molecular formula is C13H19FO3S. The van der Waals surface area contributed by atoms with Gasteiger partial charge < -0.3 is 5.11 Å². The Morgan fingerprint density at radius 1 is 1.28 bits per heavy atom. The van der Waals surface area contributed by atoms with Crippen LogP contribution in [0.4, 0.5) is 4.39 Å². The van der Waals surface area contributed by atoms with Crippen molar-refractivity contribution in [3.05, 3.63) is 30.1 Å². The molecule has 0 fully saturated rings. The van der Waals surface area contributed by atoms with Crippen LogP contribution in [-0.2, 0) is 9.84 Å². The van der Waals surface area contributed by atoms with Crippen LogP contribution in [0.5, 0.6) is 0 Å². The van der Waals surface area contributed by atoms with Crippen molar-refractivity contribution in [3.8, 4) is 0 Å². The Bertz CT molecular complexity index is 485. The minimum Gasteiger partial charge on any atom is -0.392 e. The van der Waals surface area contributed by atoms with E-state index < -0.39 is 27.0 Å². The van der Waals surface area contributed by atoms with Gasteiger partial charge in [0.15, 0.2) is 9.84 Å². The molecule has 0 spiro atoms. The van der Waals surface area contributed by atoms with E-state index >= 15 is 0 Å². The average molecular weight is 274 g/mol. The summed E-state index contributed by atoms with van der Waals surface area (Å²) in [4.78, 5) is -0.327. The third-order valence-electron chi connectivity index (χ3n) is 2.96. The second-order valence-corrected chi connectivity index (χ2v) is 6.41. The lowest BCUT2D eigenvalue weighted by Crippen LogP contribution is -2.34. The van der Waals surface area contributed by atoms with E-state index in [2.05, 4.69) is 0 Å². The summed E-state index contributed by atoms with van der Waals surface area (Å²) >= 11 is 0. The fourth-order valence-electron chi connectivity index (χ4n) is 2.02. The monoisotopic (exact) mass is 274 g/mol. The zero-order chi connectivity index (χ0) is 13.8. The van der Waals surface area contributed by atoms with E-state index in [1.54, 1.807) is 6.92 Å². The van der Waals surface area contributed by atoms with Gasteiger partial charge in [-0.1, -0.05) is 32.4 Å². The molecule has 102 valence electrons. The van der Waals surface area contributed by atoms with Crippen LogP contribution < -0.4 is 0 Å². The van der Waals surface area contributed by atoms with Crippen molar-refractivity contribution in [1.29, 1.82) is 0 Å². The first-order valence-corrected chi connectivity index (χ1v) is 7.66. The van der Waals surface area contributed by atoms with Gasteiger partial charge in [-0.25, -0.2) is 12.8 Å². The molecule has 0 aliphatic carbocycles. The largest absolute Gasteiger partial charge is 0.392 e. The van der Waals surface area contributed by atoms with Crippen LogP contribution in [0.3, 0.4) is 0 Å². The molecule has 0 amide bonds. The molecule has 3 nitrogen and oxygen atoms in total. The molecular weight excluding hydrogens is 255 g/mol. The van der Waals surface area contributed by atoms with Crippen molar-refractivity contribution in [3.63, 3.8) is 0 Å². The van der Waals surface area contributed by atoms with E-state index in [9.17, 15) is 17.9 Å². The van der Waals surface area contributed by atoms with Crippen LogP contribution in [-0.4, -0.2) is 24.9 Å². The Kier molecular flexibility index (Phi) is 5.28. The summed E-state index contributed by atoms with van der Waals surface area (Å²) in [5, 5.41) is 8.95. The van der Waals surface area contributed by atoms with E-state index in [1.807, 2.05) is 6.92 Å². The number of aliphatic hydroxyl groups is 1. The topological polar surface area (TPSA) is 54.4 Å². The molecule has 0 bridgehead atoms. The van der Waals surface area contributed by atoms with Crippen LogP contribution in [0.1, 0.15) is 33.1 Å². The Morgan fingerprint density at radius 2 is 1.89 bits per heavy atom. The maximum Gasteiger partial charge on any atom is 0.186 e. The highest BCUT2D eigenvalue weighted by Gasteiger charge is 2.33. The zero-order valence-electron chi connectivity index (χ0n) is 10.6. The van der Waals surface area contributed by atoms with E-state index in [1.165, 1.54) is 18.2 Å². The van der Waals surface area contributed by atoms with Gasteiger partial charge in [-0.3, -0.25) is 0 Å². The van der Waals surface area contributed by atoms with Crippen LogP contribution in [0.15, 0.2) is 29.2 Å². The Hall–Kier alpha value is -0.940. The van der Waals surface area contributed by atoms with E-state index in [0.717, 1.165) is 6.07 Å². The second-order valence-electron chi connectivity index (χ2n) is 4.28. The molecule has 18 heavy (non-hydrogen) atoms. The number of hydrogen-bond donors (Lipinski definition) is 1. The predicted octanol–water partition coefficient (Wildman–Crippen LogP) is 2.54. The highest BCUT2D eigenvalue weighted by atomic mass is 32.2. The molecule has 0 aliphatic rings. The van der Waals surface area contributed by atoms with Gasteiger partial charge in [0.2, 0.25) is 0 Å². The van der Waals surface area contributed by atoms with Gasteiger partial charge in [0.25, 0.3) is 0 Å². The third kappa shape index (κ3) is 3.09. The lowest BCUT2D eigenvalue weighted by molar-refractivity contribution is 0.155. The van der Waals surface area contributed by atoms with Crippen molar-refractivity contribution < 1.29 is 17.9 Å². The molecule has 1 N–H and O–H groups in total. The molecule has 0 saturated heterocycles. The van der Waals surface area contributed by atoms with Crippen molar-refractivity contribution in [2.75, 3.05) is 0 Å². The van der Waals surface area contributed by atoms with Gasteiger partial charge in [-0.2, -0.15) is 0 Å². The minimum atomic E-state index is -3.83. The highest BCUT2D eigenvalue weighted by Crippen LogP contribution is 2.24. The van der Waals surface area contributed by atoms with Gasteiger partial charge in [0.05, 0.1) is 11.4 Å². The molecule has 1 aromatic carbocycles. The summed E-state index contributed by atoms with van der Waals surface area (Å²) in [5.41, 5.74) is 0. The highest BCUT2D eigenvalue weighted by molar-refractivity contribution is 7.92. The summed E-state index contributed by atoms with van der Waals surface area (Å²) in [5.74, 6) is -0.764. The number of sulfone groups is 1. The molecule has 1 rings (SSSR count). The SMILES string of the molecule is CCCC(O)C(CC)S(=O)(=O)c1ccccc1F. The van der Waals surface area contributed by atoms with Crippen LogP contribution in [0.25, 0.3) is 0 Å². The standard InChI is InChI=1S/C13H19FO3S/c1-3-7-11(15)12(4-2)18(16,17)13-9-6-5-8-10(13)14/h5-6,8-9,11-12,15H,3-4,7H2,1-2H3. The Balaban J connectivity index is 3.15. The Morgan fingerprint density at radius 3 is 2.39 bits per heavy atom. The summed E-state index contributed by atoms with van der Waals surface area (Å²) in [6.45, 7) is 3.55.